The Bertz CT molecular complexity index is 238. The maximum Gasteiger partial charge on any atom is 0.219 e. The molecule has 0 bridgehead atoms. The minimum Gasteiger partial charge on any atom is -0.378 e. The predicted molar refractivity (Wildman–Crippen MR) is 43.4 cm³/mol. The minimum atomic E-state index is -3.26. The molecule has 0 aromatic carbocycles. The van der Waals surface area contributed by atoms with Crippen LogP contribution in [0, 0.1) is 0 Å². The van der Waals surface area contributed by atoms with Crippen molar-refractivity contribution in [3.63, 3.8) is 0 Å². The quantitative estimate of drug-likeness (QED) is 0.624. The largest absolute Gasteiger partial charge is 0.378 e. The Morgan fingerprint density at radius 2 is 2.17 bits per heavy atom. The Morgan fingerprint density at radius 3 is 2.67 bits per heavy atom. The highest BCUT2D eigenvalue weighted by atomic mass is 32.2. The fourth-order valence-electron chi connectivity index (χ4n) is 1.18. The number of nitrogens with one attached hydrogen (secondary N) is 1. The van der Waals surface area contributed by atoms with Gasteiger partial charge in [0.05, 0.1) is 13.2 Å². The molecule has 0 radical (unpaired) electrons. The van der Waals surface area contributed by atoms with Crippen molar-refractivity contribution in [3.05, 3.63) is 0 Å². The number of hydrogen-bond donors (Lipinski definition) is 1. The molecular weight excluding hydrogens is 182 g/mol. The molecule has 1 rings (SSSR count). The van der Waals surface area contributed by atoms with Crippen LogP contribution in [0.5, 0.6) is 0 Å². The van der Waals surface area contributed by atoms with E-state index in [1.807, 2.05) is 0 Å². The van der Waals surface area contributed by atoms with Gasteiger partial charge in [-0.1, -0.05) is 0 Å². The van der Waals surface area contributed by atoms with Gasteiger partial charge in [-0.15, -0.1) is 0 Å². The molecule has 2 unspecified atom stereocenters. The normalized spacial score (nSPS) is 30.8. The van der Waals surface area contributed by atoms with Crippen molar-refractivity contribution in [2.45, 2.75) is 11.4 Å². The van der Waals surface area contributed by atoms with Crippen LogP contribution < -0.4 is 4.72 Å². The number of methoxy groups -OCH3 is 1. The second-order valence-electron chi connectivity index (χ2n) is 2.60. The van der Waals surface area contributed by atoms with E-state index >= 15 is 0 Å². The standard InChI is InChI=1S/C6H13NO4S/c1-7-12(8,9)6-4-11-3-5(6)10-2/h5-7H,3-4H2,1-2H3. The van der Waals surface area contributed by atoms with Crippen molar-refractivity contribution >= 4 is 10.0 Å². The van der Waals surface area contributed by atoms with Gasteiger partial charge in [-0.05, 0) is 7.05 Å². The molecule has 72 valence electrons. The first-order valence-electron chi connectivity index (χ1n) is 3.64. The molecule has 0 aromatic rings. The van der Waals surface area contributed by atoms with Crippen molar-refractivity contribution in [1.29, 1.82) is 0 Å². The molecule has 0 aliphatic carbocycles. The predicted octanol–water partition coefficient (Wildman–Crippen LogP) is -1.05. The molecule has 2 atom stereocenters. The molecule has 1 saturated heterocycles. The zero-order chi connectivity index (χ0) is 9.19. The lowest BCUT2D eigenvalue weighted by Gasteiger charge is -2.15. The van der Waals surface area contributed by atoms with Gasteiger partial charge in [-0.25, -0.2) is 13.1 Å². The first kappa shape index (κ1) is 9.91. The second kappa shape index (κ2) is 3.69. The van der Waals surface area contributed by atoms with E-state index in [2.05, 4.69) is 4.72 Å². The van der Waals surface area contributed by atoms with Crippen LogP contribution in [0.3, 0.4) is 0 Å². The van der Waals surface area contributed by atoms with Gasteiger partial charge in [0.2, 0.25) is 10.0 Å². The number of sulfonamides is 1. The Kier molecular flexibility index (Phi) is 3.05. The van der Waals surface area contributed by atoms with Crippen LogP contribution in [0.25, 0.3) is 0 Å². The van der Waals surface area contributed by atoms with Crippen molar-refractivity contribution < 1.29 is 17.9 Å². The lowest BCUT2D eigenvalue weighted by molar-refractivity contribution is 0.0828. The van der Waals surface area contributed by atoms with E-state index in [0.29, 0.717) is 6.61 Å². The van der Waals surface area contributed by atoms with Gasteiger partial charge in [0.15, 0.2) is 0 Å². The Balaban J connectivity index is 2.74. The first-order chi connectivity index (χ1) is 5.61. The molecule has 0 saturated carbocycles. The topological polar surface area (TPSA) is 64.6 Å². The zero-order valence-corrected chi connectivity index (χ0v) is 7.93. The van der Waals surface area contributed by atoms with E-state index in [9.17, 15) is 8.42 Å². The molecule has 5 nitrogen and oxygen atoms in total. The summed E-state index contributed by atoms with van der Waals surface area (Å²) in [6.45, 7) is 0.559. The molecule has 1 heterocycles. The lowest BCUT2D eigenvalue weighted by Crippen LogP contribution is -2.40. The average molecular weight is 195 g/mol. The molecule has 1 fully saturated rings. The summed E-state index contributed by atoms with van der Waals surface area (Å²) in [7, 11) is -0.386. The summed E-state index contributed by atoms with van der Waals surface area (Å²) in [5.74, 6) is 0. The van der Waals surface area contributed by atoms with E-state index in [-0.39, 0.29) is 12.7 Å². The zero-order valence-electron chi connectivity index (χ0n) is 7.11. The SMILES string of the molecule is CNS(=O)(=O)C1COCC1OC. The average Bonchev–Trinajstić information content (AvgIpc) is 2.52. The third-order valence-electron chi connectivity index (χ3n) is 1.96. The van der Waals surface area contributed by atoms with Crippen LogP contribution in [0.15, 0.2) is 0 Å². The lowest BCUT2D eigenvalue weighted by atomic mass is 10.3. The van der Waals surface area contributed by atoms with E-state index in [4.69, 9.17) is 9.47 Å². The van der Waals surface area contributed by atoms with Crippen molar-refractivity contribution in [1.82, 2.24) is 4.72 Å². The summed E-state index contributed by atoms with van der Waals surface area (Å²) in [6, 6.07) is 0. The van der Waals surface area contributed by atoms with E-state index < -0.39 is 15.3 Å². The number of ether oxygens (including phenoxy) is 2. The number of hydrogen-bond acceptors (Lipinski definition) is 4. The number of rotatable bonds is 3. The Morgan fingerprint density at radius 1 is 1.50 bits per heavy atom. The van der Waals surface area contributed by atoms with Crippen molar-refractivity contribution in [2.75, 3.05) is 27.4 Å². The van der Waals surface area contributed by atoms with Gasteiger partial charge in [-0.3, -0.25) is 0 Å². The van der Waals surface area contributed by atoms with Crippen molar-refractivity contribution in [2.24, 2.45) is 0 Å². The molecule has 0 aromatic heterocycles. The maximum atomic E-state index is 11.3. The Labute approximate surface area is 72.1 Å². The van der Waals surface area contributed by atoms with Crippen LogP contribution in [-0.4, -0.2) is 47.1 Å². The third kappa shape index (κ3) is 1.77. The van der Waals surface area contributed by atoms with E-state index in [1.165, 1.54) is 14.2 Å². The van der Waals surface area contributed by atoms with Gasteiger partial charge >= 0.3 is 0 Å². The summed E-state index contributed by atoms with van der Waals surface area (Å²) in [5, 5.41) is -0.576. The summed E-state index contributed by atoms with van der Waals surface area (Å²) in [4.78, 5) is 0. The van der Waals surface area contributed by atoms with Crippen molar-refractivity contribution in [3.8, 4) is 0 Å². The van der Waals surface area contributed by atoms with Crippen LogP contribution in [-0.2, 0) is 19.5 Å². The smallest absolute Gasteiger partial charge is 0.219 e. The van der Waals surface area contributed by atoms with E-state index in [0.717, 1.165) is 0 Å². The molecule has 1 aliphatic heterocycles. The molecule has 12 heavy (non-hydrogen) atoms. The van der Waals surface area contributed by atoms with Gasteiger partial charge in [0, 0.05) is 7.11 Å². The molecular formula is C6H13NO4S. The summed E-state index contributed by atoms with van der Waals surface area (Å²) < 4.78 is 34.8. The van der Waals surface area contributed by atoms with Crippen LogP contribution in [0.2, 0.25) is 0 Å². The van der Waals surface area contributed by atoms with Crippen LogP contribution >= 0.6 is 0 Å². The Hall–Kier alpha value is -0.170. The summed E-state index contributed by atoms with van der Waals surface area (Å²) >= 11 is 0. The monoisotopic (exact) mass is 195 g/mol. The van der Waals surface area contributed by atoms with E-state index in [1.54, 1.807) is 0 Å². The fourth-order valence-corrected chi connectivity index (χ4v) is 2.34. The fraction of sp³-hybridized carbons (Fsp3) is 1.00. The van der Waals surface area contributed by atoms with Gasteiger partial charge in [0.25, 0.3) is 0 Å². The van der Waals surface area contributed by atoms with Gasteiger partial charge < -0.3 is 9.47 Å². The van der Waals surface area contributed by atoms with Crippen LogP contribution in [0.1, 0.15) is 0 Å². The summed E-state index contributed by atoms with van der Waals surface area (Å²) in [5.41, 5.74) is 0. The molecule has 6 heteroatoms. The second-order valence-corrected chi connectivity index (χ2v) is 4.70. The molecule has 1 N–H and O–H groups in total. The van der Waals surface area contributed by atoms with Crippen LogP contribution in [0.4, 0.5) is 0 Å². The van der Waals surface area contributed by atoms with Gasteiger partial charge in [0.1, 0.15) is 11.4 Å². The highest BCUT2D eigenvalue weighted by Crippen LogP contribution is 2.15. The molecule has 0 amide bonds. The minimum absolute atomic E-state index is 0.210. The highest BCUT2D eigenvalue weighted by Gasteiger charge is 2.37. The molecule has 1 aliphatic rings. The first-order valence-corrected chi connectivity index (χ1v) is 5.19. The maximum absolute atomic E-state index is 11.3. The molecule has 0 spiro atoms. The third-order valence-corrected chi connectivity index (χ3v) is 3.77. The summed E-state index contributed by atoms with van der Waals surface area (Å²) in [6.07, 6.45) is -0.345. The highest BCUT2D eigenvalue weighted by molar-refractivity contribution is 7.90. The van der Waals surface area contributed by atoms with Gasteiger partial charge in [-0.2, -0.15) is 0 Å².